The van der Waals surface area contributed by atoms with Gasteiger partial charge in [-0.1, -0.05) is 40.3 Å². The molecule has 0 aliphatic heterocycles. The third-order valence-electron chi connectivity index (χ3n) is 0.359. The predicted octanol–water partition coefficient (Wildman–Crippen LogP) is 3.69. The van der Waals surface area contributed by atoms with E-state index in [1.54, 1.807) is 6.92 Å². The van der Waals surface area contributed by atoms with Gasteiger partial charge >= 0.3 is 0 Å². The number of aliphatic hydroxyl groups is 1. The maximum atomic E-state index is 8.34. The molecule has 0 aliphatic carbocycles. The molecule has 0 amide bonds. The molecule has 1 N–H and O–H groups in total. The summed E-state index contributed by atoms with van der Waals surface area (Å²) in [6.45, 7) is 13.0. The van der Waals surface area contributed by atoms with Crippen LogP contribution in [0.25, 0.3) is 0 Å². The van der Waals surface area contributed by atoms with Crippen LogP contribution in [-0.4, -0.2) is 5.11 Å². The Morgan fingerprint density at radius 3 is 1.50 bits per heavy atom. The molecule has 0 heterocycles. The van der Waals surface area contributed by atoms with Crippen molar-refractivity contribution in [2.24, 2.45) is 0 Å². The smallest absolute Gasteiger partial charge is 0.0891 e. The highest BCUT2D eigenvalue weighted by molar-refractivity contribution is 4.99. The van der Waals surface area contributed by atoms with E-state index in [2.05, 4.69) is 6.58 Å². The minimum Gasteiger partial charge on any atom is -0.513 e. The average Bonchev–Trinajstić information content (AvgIpc) is 1.96. The van der Waals surface area contributed by atoms with Crippen molar-refractivity contribution in [1.29, 1.82) is 0 Å². The van der Waals surface area contributed by atoms with Gasteiger partial charge < -0.3 is 5.11 Å². The van der Waals surface area contributed by atoms with Crippen molar-refractivity contribution in [3.05, 3.63) is 24.5 Å². The number of allylic oxidation sites excluding steroid dienone is 3. The van der Waals surface area contributed by atoms with Crippen molar-refractivity contribution in [2.45, 2.75) is 34.6 Å². The van der Waals surface area contributed by atoms with Crippen LogP contribution in [0.5, 0.6) is 0 Å². The number of aliphatic hydroxyl groups excluding tert-OH is 1. The second-order valence-electron chi connectivity index (χ2n) is 1.04. The molecule has 0 rings (SSSR count). The predicted molar refractivity (Wildman–Crippen MR) is 49.3 cm³/mol. The molecule has 0 aromatic heterocycles. The number of hydrogen-bond donors (Lipinski definition) is 1. The van der Waals surface area contributed by atoms with E-state index in [9.17, 15) is 0 Å². The fraction of sp³-hybridized carbons (Fsp3) is 0.556. The van der Waals surface area contributed by atoms with Gasteiger partial charge in [-0.3, -0.25) is 0 Å². The molecule has 1 heteroatoms. The van der Waals surface area contributed by atoms with Crippen LogP contribution in [0, 0.1) is 0 Å². The van der Waals surface area contributed by atoms with E-state index in [-0.39, 0.29) is 0 Å². The van der Waals surface area contributed by atoms with E-state index in [1.807, 2.05) is 27.7 Å². The largest absolute Gasteiger partial charge is 0.513 e. The first-order chi connectivity index (χ1) is 4.77. The van der Waals surface area contributed by atoms with Gasteiger partial charge in [0.25, 0.3) is 0 Å². The highest BCUT2D eigenvalue weighted by atomic mass is 16.3. The number of rotatable bonds is 1. The summed E-state index contributed by atoms with van der Waals surface area (Å²) in [5, 5.41) is 8.34. The van der Waals surface area contributed by atoms with Crippen molar-refractivity contribution < 1.29 is 5.11 Å². The highest BCUT2D eigenvalue weighted by Crippen LogP contribution is 1.80. The van der Waals surface area contributed by atoms with Crippen molar-refractivity contribution in [2.75, 3.05) is 0 Å². The second-order valence-corrected chi connectivity index (χ2v) is 1.04. The van der Waals surface area contributed by atoms with Crippen LogP contribution >= 0.6 is 0 Å². The van der Waals surface area contributed by atoms with Crippen LogP contribution in [0.4, 0.5) is 0 Å². The molecular weight excluding hydrogens is 124 g/mol. The first kappa shape index (κ1) is 16.1. The molecule has 62 valence electrons. The molecule has 0 spiro atoms. The summed E-state index contributed by atoms with van der Waals surface area (Å²) in [5.74, 6) is 0.296. The van der Waals surface area contributed by atoms with Gasteiger partial charge in [0.15, 0.2) is 0 Å². The Morgan fingerprint density at radius 2 is 1.50 bits per heavy atom. The Bertz CT molecular complexity index is 68.8. The second kappa shape index (κ2) is 24.0. The fourth-order valence-corrected chi connectivity index (χ4v) is 0.171. The highest BCUT2D eigenvalue weighted by Gasteiger charge is 1.66. The summed E-state index contributed by atoms with van der Waals surface area (Å²) in [6, 6.07) is 0. The van der Waals surface area contributed by atoms with Gasteiger partial charge in [0, 0.05) is 0 Å². The van der Waals surface area contributed by atoms with E-state index in [0.29, 0.717) is 5.76 Å². The summed E-state index contributed by atoms with van der Waals surface area (Å²) < 4.78 is 0. The van der Waals surface area contributed by atoms with Crippen LogP contribution < -0.4 is 0 Å². The molecule has 10 heavy (non-hydrogen) atoms. The lowest BCUT2D eigenvalue weighted by atomic mass is 10.5. The van der Waals surface area contributed by atoms with E-state index in [4.69, 9.17) is 5.11 Å². The zero-order valence-corrected chi connectivity index (χ0v) is 7.81. The van der Waals surface area contributed by atoms with Gasteiger partial charge in [-0.05, 0) is 13.0 Å². The summed E-state index contributed by atoms with van der Waals surface area (Å²) in [6.07, 6.45) is 3.06. The monoisotopic (exact) mass is 144 g/mol. The Labute approximate surface area is 65.1 Å². The van der Waals surface area contributed by atoms with Gasteiger partial charge in [0.1, 0.15) is 0 Å². The molecule has 0 radical (unpaired) electrons. The summed E-state index contributed by atoms with van der Waals surface area (Å²) in [5.41, 5.74) is 0. The summed E-state index contributed by atoms with van der Waals surface area (Å²) in [4.78, 5) is 0. The first-order valence-corrected chi connectivity index (χ1v) is 3.75. The molecule has 0 saturated carbocycles. The quantitative estimate of drug-likeness (QED) is 0.439. The lowest BCUT2D eigenvalue weighted by molar-refractivity contribution is 0.414. The molecule has 0 aliphatic rings. The van der Waals surface area contributed by atoms with Crippen LogP contribution in [0.15, 0.2) is 24.5 Å². The zero-order chi connectivity index (χ0) is 8.99. The van der Waals surface area contributed by atoms with Crippen molar-refractivity contribution in [3.63, 3.8) is 0 Å². The molecule has 0 fully saturated rings. The average molecular weight is 144 g/mol. The van der Waals surface area contributed by atoms with Gasteiger partial charge in [0.05, 0.1) is 5.76 Å². The third kappa shape index (κ3) is 55.2. The molecule has 0 aromatic carbocycles. The van der Waals surface area contributed by atoms with Crippen molar-refractivity contribution in [1.82, 2.24) is 0 Å². The summed E-state index contributed by atoms with van der Waals surface area (Å²) >= 11 is 0. The normalized spacial score (nSPS) is 7.90. The van der Waals surface area contributed by atoms with Crippen LogP contribution in [0.2, 0.25) is 0 Å². The van der Waals surface area contributed by atoms with Crippen molar-refractivity contribution in [3.8, 4) is 0 Å². The van der Waals surface area contributed by atoms with Gasteiger partial charge in [-0.15, -0.1) is 0 Å². The molecule has 0 bridgehead atoms. The maximum absolute atomic E-state index is 8.34. The minimum atomic E-state index is 0.296. The Hall–Kier alpha value is -0.720. The SMILES string of the molecule is C=C/C=C(\C)O.CC.CC. The maximum Gasteiger partial charge on any atom is 0.0891 e. The zero-order valence-electron chi connectivity index (χ0n) is 7.81. The molecule has 0 aromatic rings. The Kier molecular flexibility index (Phi) is 38.6. The number of hydrogen-bond acceptors (Lipinski definition) is 1. The topological polar surface area (TPSA) is 20.2 Å². The molecular formula is C9H20O. The van der Waals surface area contributed by atoms with E-state index in [1.165, 1.54) is 12.2 Å². The first-order valence-electron chi connectivity index (χ1n) is 3.75. The third-order valence-corrected chi connectivity index (χ3v) is 0.359. The molecule has 0 saturated heterocycles. The van der Waals surface area contributed by atoms with E-state index < -0.39 is 0 Å². The lowest BCUT2D eigenvalue weighted by Crippen LogP contribution is -1.62. The van der Waals surface area contributed by atoms with Crippen LogP contribution in [0.1, 0.15) is 34.6 Å². The van der Waals surface area contributed by atoms with E-state index >= 15 is 0 Å². The van der Waals surface area contributed by atoms with E-state index in [0.717, 1.165) is 0 Å². The van der Waals surface area contributed by atoms with Gasteiger partial charge in [0.2, 0.25) is 0 Å². The van der Waals surface area contributed by atoms with Crippen LogP contribution in [-0.2, 0) is 0 Å². The van der Waals surface area contributed by atoms with Crippen LogP contribution in [0.3, 0.4) is 0 Å². The standard InChI is InChI=1S/C5H8O.2C2H6/c1-3-4-5(2)6;2*1-2/h3-4,6H,1H2,2H3;2*1-2H3/b5-4+;;. The lowest BCUT2D eigenvalue weighted by Gasteiger charge is -1.76. The Balaban J connectivity index is -0.000000105. The minimum absolute atomic E-state index is 0.296. The summed E-state index contributed by atoms with van der Waals surface area (Å²) in [7, 11) is 0. The Morgan fingerprint density at radius 1 is 1.20 bits per heavy atom. The molecule has 0 unspecified atom stereocenters. The molecule has 0 atom stereocenters. The van der Waals surface area contributed by atoms with Crippen molar-refractivity contribution >= 4 is 0 Å². The fourth-order valence-electron chi connectivity index (χ4n) is 0.171. The van der Waals surface area contributed by atoms with Gasteiger partial charge in [-0.25, -0.2) is 0 Å². The molecule has 1 nitrogen and oxygen atoms in total. The van der Waals surface area contributed by atoms with Gasteiger partial charge in [-0.2, -0.15) is 0 Å².